The van der Waals surface area contributed by atoms with Crippen molar-refractivity contribution in [3.63, 3.8) is 0 Å². The number of halogens is 1. The Bertz CT molecular complexity index is 403. The van der Waals surface area contributed by atoms with Gasteiger partial charge in [0.2, 0.25) is 5.88 Å². The highest BCUT2D eigenvalue weighted by molar-refractivity contribution is 9.10. The van der Waals surface area contributed by atoms with E-state index in [0.717, 1.165) is 30.2 Å². The summed E-state index contributed by atoms with van der Waals surface area (Å²) in [7, 11) is 3.31. The zero-order valence-electron chi connectivity index (χ0n) is 10.6. The Hall–Kier alpha value is -0.880. The summed E-state index contributed by atoms with van der Waals surface area (Å²) in [6.45, 7) is 0. The maximum atomic E-state index is 5.78. The number of aromatic nitrogens is 2. The lowest BCUT2D eigenvalue weighted by atomic mass is 9.95. The maximum Gasteiger partial charge on any atom is 0.320 e. The zero-order chi connectivity index (χ0) is 13.0. The third-order valence-electron chi connectivity index (χ3n) is 3.07. The molecule has 1 aliphatic rings. The first-order valence-corrected chi connectivity index (χ1v) is 6.78. The minimum atomic E-state index is 0.120. The molecule has 2 rings (SSSR count). The number of nitrogens with zero attached hydrogens (tertiary/aromatic N) is 2. The first-order chi connectivity index (χ1) is 8.72. The third-order valence-corrected chi connectivity index (χ3v) is 3.61. The second-order valence-electron chi connectivity index (χ2n) is 4.27. The highest BCUT2D eigenvalue weighted by Gasteiger charge is 2.24. The molecule has 1 fully saturated rings. The molecule has 6 heteroatoms. The van der Waals surface area contributed by atoms with Crippen molar-refractivity contribution in [2.24, 2.45) is 0 Å². The molecule has 0 N–H and O–H groups in total. The van der Waals surface area contributed by atoms with Gasteiger partial charge in [-0.05, 0) is 35.2 Å². The van der Waals surface area contributed by atoms with Crippen LogP contribution in [0.5, 0.6) is 11.9 Å². The van der Waals surface area contributed by atoms with E-state index in [-0.39, 0.29) is 12.2 Å². The second kappa shape index (κ2) is 6.33. The van der Waals surface area contributed by atoms with Crippen molar-refractivity contribution in [1.82, 2.24) is 9.97 Å². The summed E-state index contributed by atoms with van der Waals surface area (Å²) in [5.74, 6) is 0.485. The van der Waals surface area contributed by atoms with Gasteiger partial charge < -0.3 is 14.2 Å². The Balaban J connectivity index is 2.00. The maximum absolute atomic E-state index is 5.78. The van der Waals surface area contributed by atoms with Crippen LogP contribution >= 0.6 is 15.9 Å². The molecule has 1 aliphatic carbocycles. The second-order valence-corrected chi connectivity index (χ2v) is 5.13. The average molecular weight is 317 g/mol. The van der Waals surface area contributed by atoms with Gasteiger partial charge in [-0.3, -0.25) is 0 Å². The van der Waals surface area contributed by atoms with E-state index < -0.39 is 0 Å². The highest BCUT2D eigenvalue weighted by atomic mass is 79.9. The van der Waals surface area contributed by atoms with E-state index in [0.29, 0.717) is 11.9 Å². The predicted octanol–water partition coefficient (Wildman–Crippen LogP) is 2.58. The smallest absolute Gasteiger partial charge is 0.320 e. The van der Waals surface area contributed by atoms with Crippen molar-refractivity contribution in [1.29, 1.82) is 0 Å². The van der Waals surface area contributed by atoms with E-state index in [4.69, 9.17) is 14.2 Å². The summed E-state index contributed by atoms with van der Waals surface area (Å²) in [6, 6.07) is 0.358. The van der Waals surface area contributed by atoms with Crippen molar-refractivity contribution in [3.05, 3.63) is 10.7 Å². The molecule has 1 saturated carbocycles. The lowest BCUT2D eigenvalue weighted by Gasteiger charge is -2.27. The quantitative estimate of drug-likeness (QED) is 0.854. The Labute approximate surface area is 115 Å². The number of methoxy groups -OCH3 is 2. The van der Waals surface area contributed by atoms with E-state index >= 15 is 0 Å². The van der Waals surface area contributed by atoms with Crippen molar-refractivity contribution >= 4 is 15.9 Å². The normalized spacial score (nSPS) is 23.7. The van der Waals surface area contributed by atoms with Crippen molar-refractivity contribution in [3.8, 4) is 11.9 Å². The molecule has 1 aromatic heterocycles. The summed E-state index contributed by atoms with van der Waals surface area (Å²) in [6.07, 6.45) is 6.14. The van der Waals surface area contributed by atoms with Crippen LogP contribution in [0, 0.1) is 0 Å². The first kappa shape index (κ1) is 13.5. The zero-order valence-corrected chi connectivity index (χ0v) is 12.1. The largest absolute Gasteiger partial charge is 0.480 e. The van der Waals surface area contributed by atoms with Gasteiger partial charge in [-0.15, -0.1) is 0 Å². The summed E-state index contributed by atoms with van der Waals surface area (Å²) in [5, 5.41) is 0. The van der Waals surface area contributed by atoms with Gasteiger partial charge in [-0.2, -0.15) is 4.98 Å². The molecular formula is C12H17BrN2O3. The predicted molar refractivity (Wildman–Crippen MR) is 70.0 cm³/mol. The molecular weight excluding hydrogens is 300 g/mol. The fourth-order valence-corrected chi connectivity index (χ4v) is 2.46. The molecule has 0 amide bonds. The number of rotatable bonds is 4. The summed E-state index contributed by atoms with van der Waals surface area (Å²) in [4.78, 5) is 8.32. The van der Waals surface area contributed by atoms with Gasteiger partial charge in [0.1, 0.15) is 6.10 Å². The Morgan fingerprint density at radius 1 is 1.28 bits per heavy atom. The van der Waals surface area contributed by atoms with Crippen molar-refractivity contribution in [2.75, 3.05) is 14.2 Å². The van der Waals surface area contributed by atoms with Crippen LogP contribution in [0.15, 0.2) is 10.7 Å². The Morgan fingerprint density at radius 3 is 2.78 bits per heavy atom. The lowest BCUT2D eigenvalue weighted by molar-refractivity contribution is 0.0177. The van der Waals surface area contributed by atoms with E-state index in [1.54, 1.807) is 20.4 Å². The van der Waals surface area contributed by atoms with Crippen LogP contribution in [0.4, 0.5) is 0 Å². The fraction of sp³-hybridized carbons (Fsp3) is 0.667. The van der Waals surface area contributed by atoms with Gasteiger partial charge in [0, 0.05) is 13.5 Å². The molecule has 1 heterocycles. The van der Waals surface area contributed by atoms with Crippen LogP contribution in [-0.2, 0) is 4.74 Å². The summed E-state index contributed by atoms with van der Waals surface area (Å²) < 4.78 is 17.0. The van der Waals surface area contributed by atoms with Crippen LogP contribution in [0.3, 0.4) is 0 Å². The SMILES string of the molecule is COc1nc(OC2CCCC(OC)C2)ncc1Br. The molecule has 0 aliphatic heterocycles. The van der Waals surface area contributed by atoms with E-state index in [9.17, 15) is 0 Å². The van der Waals surface area contributed by atoms with E-state index in [1.165, 1.54) is 0 Å². The molecule has 2 atom stereocenters. The first-order valence-electron chi connectivity index (χ1n) is 5.99. The molecule has 5 nitrogen and oxygen atoms in total. The molecule has 0 bridgehead atoms. The fourth-order valence-electron chi connectivity index (χ4n) is 2.11. The van der Waals surface area contributed by atoms with Crippen LogP contribution in [0.1, 0.15) is 25.7 Å². The molecule has 1 aromatic rings. The molecule has 0 saturated heterocycles. The van der Waals surface area contributed by atoms with Crippen LogP contribution < -0.4 is 9.47 Å². The molecule has 0 spiro atoms. The summed E-state index contributed by atoms with van der Waals surface area (Å²) >= 11 is 3.31. The molecule has 18 heavy (non-hydrogen) atoms. The van der Waals surface area contributed by atoms with Crippen LogP contribution in [0.2, 0.25) is 0 Å². The number of ether oxygens (including phenoxy) is 3. The van der Waals surface area contributed by atoms with Gasteiger partial charge >= 0.3 is 6.01 Å². The van der Waals surface area contributed by atoms with Crippen molar-refractivity contribution < 1.29 is 14.2 Å². The average Bonchev–Trinajstić information content (AvgIpc) is 2.41. The van der Waals surface area contributed by atoms with E-state index in [2.05, 4.69) is 25.9 Å². The van der Waals surface area contributed by atoms with Gasteiger partial charge in [-0.25, -0.2) is 4.98 Å². The molecule has 2 unspecified atom stereocenters. The third kappa shape index (κ3) is 3.32. The number of hydrogen-bond acceptors (Lipinski definition) is 5. The number of hydrogen-bond donors (Lipinski definition) is 0. The Kier molecular flexibility index (Phi) is 4.77. The minimum Gasteiger partial charge on any atom is -0.480 e. The summed E-state index contributed by atoms with van der Waals surface area (Å²) in [5.41, 5.74) is 0. The van der Waals surface area contributed by atoms with Gasteiger partial charge in [0.25, 0.3) is 0 Å². The monoisotopic (exact) mass is 316 g/mol. The highest BCUT2D eigenvalue weighted by Crippen LogP contribution is 2.26. The van der Waals surface area contributed by atoms with Gasteiger partial charge in [0.05, 0.1) is 23.9 Å². The van der Waals surface area contributed by atoms with Gasteiger partial charge in [0.15, 0.2) is 0 Å². The topological polar surface area (TPSA) is 53.5 Å². The lowest BCUT2D eigenvalue weighted by Crippen LogP contribution is -2.30. The van der Waals surface area contributed by atoms with E-state index in [1.807, 2.05) is 0 Å². The van der Waals surface area contributed by atoms with Crippen LogP contribution in [0.25, 0.3) is 0 Å². The standard InChI is InChI=1S/C12H17BrN2O3/c1-16-8-4-3-5-9(6-8)18-12-14-7-10(13)11(15-12)17-2/h7-9H,3-6H2,1-2H3. The Morgan fingerprint density at radius 2 is 2.06 bits per heavy atom. The van der Waals surface area contributed by atoms with Crippen LogP contribution in [-0.4, -0.2) is 36.4 Å². The van der Waals surface area contributed by atoms with Crippen molar-refractivity contribution in [2.45, 2.75) is 37.9 Å². The minimum absolute atomic E-state index is 0.120. The van der Waals surface area contributed by atoms with Gasteiger partial charge in [-0.1, -0.05) is 0 Å². The molecule has 0 radical (unpaired) electrons. The molecule has 0 aromatic carbocycles. The molecule has 100 valence electrons.